The van der Waals surface area contributed by atoms with E-state index in [1.165, 1.54) is 0 Å². The second kappa shape index (κ2) is 7.44. The molecule has 2 aliphatic heterocycles. The van der Waals surface area contributed by atoms with E-state index in [0.717, 1.165) is 31.8 Å². The summed E-state index contributed by atoms with van der Waals surface area (Å²) in [7, 11) is 0. The van der Waals surface area contributed by atoms with E-state index in [2.05, 4.69) is 10.6 Å². The first-order valence-corrected chi connectivity index (χ1v) is 8.24. The first-order valence-electron chi connectivity index (χ1n) is 8.24. The van der Waals surface area contributed by atoms with E-state index >= 15 is 0 Å². The highest BCUT2D eigenvalue weighted by molar-refractivity contribution is 5.95. The summed E-state index contributed by atoms with van der Waals surface area (Å²) in [6.45, 7) is 1.76. The minimum Gasteiger partial charge on any atom is -0.493 e. The number of hydrogen-bond acceptors (Lipinski definition) is 4. The Hall–Kier alpha value is -1.73. The number of ether oxygens (including phenoxy) is 2. The van der Waals surface area contributed by atoms with Crippen LogP contribution in [0.1, 0.15) is 19.3 Å². The van der Waals surface area contributed by atoms with Crippen molar-refractivity contribution in [2.24, 2.45) is 5.92 Å². The molecule has 1 unspecified atom stereocenters. The first-order chi connectivity index (χ1) is 11.5. The van der Waals surface area contributed by atoms with Gasteiger partial charge in [-0.25, -0.2) is 8.78 Å². The van der Waals surface area contributed by atoms with Crippen molar-refractivity contribution in [1.29, 1.82) is 0 Å². The minimum atomic E-state index is -2.82. The monoisotopic (exact) mass is 340 g/mol. The van der Waals surface area contributed by atoms with Crippen LogP contribution in [0.5, 0.6) is 5.75 Å². The second-order valence-corrected chi connectivity index (χ2v) is 6.37. The van der Waals surface area contributed by atoms with Gasteiger partial charge in [-0.1, -0.05) is 0 Å². The van der Waals surface area contributed by atoms with Gasteiger partial charge in [-0.15, -0.1) is 0 Å². The van der Waals surface area contributed by atoms with Crippen LogP contribution in [0.3, 0.4) is 0 Å². The Morgan fingerprint density at radius 2 is 2.00 bits per heavy atom. The molecule has 2 aliphatic rings. The molecule has 3 rings (SSSR count). The maximum absolute atomic E-state index is 13.1. The van der Waals surface area contributed by atoms with Crippen LogP contribution in [0.25, 0.3) is 0 Å². The number of anilines is 1. The highest BCUT2D eigenvalue weighted by Gasteiger charge is 2.42. The lowest BCUT2D eigenvalue weighted by Gasteiger charge is -2.22. The standard InChI is InChI=1S/C17H22F2N2O3/c18-17(19)9-15(20-11-17)16(22)21-13-1-3-14(4-2-13)24-10-12-5-7-23-8-6-12/h1-4,12,15,20H,5-11H2,(H,21,22). The quantitative estimate of drug-likeness (QED) is 0.864. The van der Waals surface area contributed by atoms with Crippen molar-refractivity contribution in [1.82, 2.24) is 5.32 Å². The normalized spacial score (nSPS) is 23.8. The van der Waals surface area contributed by atoms with E-state index in [4.69, 9.17) is 9.47 Å². The fourth-order valence-electron chi connectivity index (χ4n) is 2.89. The Labute approximate surface area is 139 Å². The van der Waals surface area contributed by atoms with Crippen molar-refractivity contribution in [3.63, 3.8) is 0 Å². The SMILES string of the molecule is O=C(Nc1ccc(OCC2CCOCC2)cc1)C1CC(F)(F)CN1. The van der Waals surface area contributed by atoms with Gasteiger partial charge in [-0.05, 0) is 43.0 Å². The van der Waals surface area contributed by atoms with Gasteiger partial charge < -0.3 is 14.8 Å². The molecule has 132 valence electrons. The van der Waals surface area contributed by atoms with Crippen molar-refractivity contribution in [2.75, 3.05) is 31.7 Å². The summed E-state index contributed by atoms with van der Waals surface area (Å²) >= 11 is 0. The molecule has 7 heteroatoms. The van der Waals surface area contributed by atoms with Crippen LogP contribution in [0.15, 0.2) is 24.3 Å². The zero-order chi connectivity index (χ0) is 17.0. The molecule has 0 radical (unpaired) electrons. The number of rotatable bonds is 5. The van der Waals surface area contributed by atoms with Gasteiger partial charge in [0.25, 0.3) is 5.92 Å². The third-order valence-electron chi connectivity index (χ3n) is 4.37. The molecule has 0 spiro atoms. The Morgan fingerprint density at radius 1 is 1.29 bits per heavy atom. The summed E-state index contributed by atoms with van der Waals surface area (Å²) in [5.74, 6) is -2.02. The van der Waals surface area contributed by atoms with Gasteiger partial charge in [0.2, 0.25) is 5.91 Å². The lowest BCUT2D eigenvalue weighted by atomic mass is 10.0. The van der Waals surface area contributed by atoms with Gasteiger partial charge in [0.15, 0.2) is 0 Å². The summed E-state index contributed by atoms with van der Waals surface area (Å²) in [5.41, 5.74) is 0.565. The van der Waals surface area contributed by atoms with E-state index in [1.54, 1.807) is 24.3 Å². The molecule has 0 bridgehead atoms. The maximum atomic E-state index is 13.1. The molecule has 1 atom stereocenters. The van der Waals surface area contributed by atoms with E-state index < -0.39 is 30.8 Å². The molecule has 0 saturated carbocycles. The summed E-state index contributed by atoms with van der Waals surface area (Å²) in [6, 6.07) is 6.11. The lowest BCUT2D eigenvalue weighted by molar-refractivity contribution is -0.118. The van der Waals surface area contributed by atoms with Crippen LogP contribution < -0.4 is 15.4 Å². The van der Waals surface area contributed by atoms with Gasteiger partial charge >= 0.3 is 0 Å². The molecular weight excluding hydrogens is 318 g/mol. The van der Waals surface area contributed by atoms with Crippen molar-refractivity contribution in [2.45, 2.75) is 31.2 Å². The van der Waals surface area contributed by atoms with Crippen LogP contribution in [0.4, 0.5) is 14.5 Å². The molecule has 1 amide bonds. The molecule has 2 saturated heterocycles. The number of alkyl halides is 2. The highest BCUT2D eigenvalue weighted by Crippen LogP contribution is 2.26. The van der Waals surface area contributed by atoms with Gasteiger partial charge in [-0.2, -0.15) is 0 Å². The third-order valence-corrected chi connectivity index (χ3v) is 4.37. The highest BCUT2D eigenvalue weighted by atomic mass is 19.3. The van der Waals surface area contributed by atoms with Gasteiger partial charge in [0.1, 0.15) is 5.75 Å². The van der Waals surface area contributed by atoms with Gasteiger partial charge in [0.05, 0.1) is 19.2 Å². The minimum absolute atomic E-state index is 0.442. The Bertz CT molecular complexity index is 559. The molecule has 1 aromatic carbocycles. The van der Waals surface area contributed by atoms with Crippen LogP contribution in [0.2, 0.25) is 0 Å². The van der Waals surface area contributed by atoms with E-state index in [1.807, 2.05) is 0 Å². The Kier molecular flexibility index (Phi) is 5.30. The lowest BCUT2D eigenvalue weighted by Crippen LogP contribution is -2.35. The van der Waals surface area contributed by atoms with Crippen LogP contribution in [0, 0.1) is 5.92 Å². The molecule has 24 heavy (non-hydrogen) atoms. The molecule has 0 aromatic heterocycles. The van der Waals surface area contributed by atoms with Crippen LogP contribution >= 0.6 is 0 Å². The number of amides is 1. The number of carbonyl (C=O) groups excluding carboxylic acids is 1. The predicted octanol–water partition coefficient (Wildman–Crippen LogP) is 2.43. The zero-order valence-corrected chi connectivity index (χ0v) is 13.4. The second-order valence-electron chi connectivity index (χ2n) is 6.37. The molecule has 5 nitrogen and oxygen atoms in total. The van der Waals surface area contributed by atoms with Crippen molar-refractivity contribution < 1.29 is 23.0 Å². The maximum Gasteiger partial charge on any atom is 0.262 e. The van der Waals surface area contributed by atoms with Gasteiger partial charge in [-0.3, -0.25) is 10.1 Å². The zero-order valence-electron chi connectivity index (χ0n) is 13.4. The van der Waals surface area contributed by atoms with Crippen molar-refractivity contribution in [3.05, 3.63) is 24.3 Å². The fourth-order valence-corrected chi connectivity index (χ4v) is 2.89. The Morgan fingerprint density at radius 3 is 2.62 bits per heavy atom. The fraction of sp³-hybridized carbons (Fsp3) is 0.588. The summed E-state index contributed by atoms with van der Waals surface area (Å²) in [5, 5.41) is 5.19. The van der Waals surface area contributed by atoms with Crippen LogP contribution in [-0.4, -0.2) is 44.2 Å². The summed E-state index contributed by atoms with van der Waals surface area (Å²) in [4.78, 5) is 12.0. The number of nitrogens with one attached hydrogen (secondary N) is 2. The van der Waals surface area contributed by atoms with Crippen LogP contribution in [-0.2, 0) is 9.53 Å². The predicted molar refractivity (Wildman–Crippen MR) is 85.5 cm³/mol. The van der Waals surface area contributed by atoms with E-state index in [0.29, 0.717) is 18.2 Å². The average molecular weight is 340 g/mol. The number of hydrogen-bond donors (Lipinski definition) is 2. The molecule has 0 aliphatic carbocycles. The molecule has 1 aromatic rings. The topological polar surface area (TPSA) is 59.6 Å². The van der Waals surface area contributed by atoms with Crippen molar-refractivity contribution >= 4 is 11.6 Å². The molecule has 2 fully saturated rings. The molecular formula is C17H22F2N2O3. The largest absolute Gasteiger partial charge is 0.493 e. The van der Waals surface area contributed by atoms with Gasteiger partial charge in [0, 0.05) is 25.3 Å². The summed E-state index contributed by atoms with van der Waals surface area (Å²) < 4.78 is 37.3. The number of halogens is 2. The Balaban J connectivity index is 1.46. The number of benzene rings is 1. The summed E-state index contributed by atoms with van der Waals surface area (Å²) in [6.07, 6.45) is 1.55. The van der Waals surface area contributed by atoms with E-state index in [-0.39, 0.29) is 0 Å². The molecule has 2 N–H and O–H groups in total. The molecule has 2 heterocycles. The first kappa shape index (κ1) is 17.1. The smallest absolute Gasteiger partial charge is 0.262 e. The van der Waals surface area contributed by atoms with E-state index in [9.17, 15) is 13.6 Å². The average Bonchev–Trinajstić information content (AvgIpc) is 2.95. The third kappa shape index (κ3) is 4.64. The van der Waals surface area contributed by atoms with Crippen molar-refractivity contribution in [3.8, 4) is 5.75 Å². The number of carbonyl (C=O) groups is 1.